The highest BCUT2D eigenvalue weighted by atomic mass is 35.5. The van der Waals surface area contributed by atoms with Crippen molar-refractivity contribution in [2.45, 2.75) is 0 Å². The standard InChI is InChI=1S/C31H19Cl/c32-31-27-17-9-8-16-26(27)28(20-21-10-2-1-3-11-21)30(31)29-24-14-6-4-12-22(24)18-19-23-13-5-7-15-25(23)29/h1-19H. The molecule has 1 heteroatoms. The molecule has 0 aliphatic heterocycles. The van der Waals surface area contributed by atoms with E-state index < -0.39 is 0 Å². The molecule has 0 saturated carbocycles. The van der Waals surface area contributed by atoms with Crippen LogP contribution in [-0.2, 0) is 0 Å². The molecule has 0 heterocycles. The molecule has 0 unspecified atom stereocenters. The van der Waals surface area contributed by atoms with Crippen LogP contribution in [0.5, 0.6) is 0 Å². The predicted molar refractivity (Wildman–Crippen MR) is 135 cm³/mol. The van der Waals surface area contributed by atoms with Crippen LogP contribution in [0.3, 0.4) is 0 Å². The Morgan fingerprint density at radius 1 is 0.500 bits per heavy atom. The number of benzene rings is 4. The number of hydrogen-bond donors (Lipinski definition) is 0. The van der Waals surface area contributed by atoms with E-state index in [1.807, 2.05) is 24.3 Å². The largest absolute Gasteiger partial charge is 0.0833 e. The van der Waals surface area contributed by atoms with Gasteiger partial charge in [0.25, 0.3) is 0 Å². The summed E-state index contributed by atoms with van der Waals surface area (Å²) in [5.74, 6) is 1.15. The molecular formula is C31H19Cl. The summed E-state index contributed by atoms with van der Waals surface area (Å²) < 4.78 is 0. The van der Waals surface area contributed by atoms with Crippen molar-refractivity contribution < 1.29 is 0 Å². The summed E-state index contributed by atoms with van der Waals surface area (Å²) in [6.07, 6.45) is 8.08. The molecule has 0 spiro atoms. The first-order chi connectivity index (χ1) is 15.8. The van der Waals surface area contributed by atoms with Crippen molar-refractivity contribution in [1.29, 1.82) is 0 Å². The van der Waals surface area contributed by atoms with Crippen LogP contribution in [0, 0.1) is 12.0 Å². The van der Waals surface area contributed by atoms with Crippen molar-refractivity contribution in [3.8, 4) is 0 Å². The van der Waals surface area contributed by atoms with Gasteiger partial charge in [-0.05, 0) is 50.6 Å². The zero-order chi connectivity index (χ0) is 21.5. The lowest BCUT2D eigenvalue weighted by molar-refractivity contribution is 1.24. The van der Waals surface area contributed by atoms with E-state index in [9.17, 15) is 0 Å². The van der Waals surface area contributed by atoms with Crippen LogP contribution in [0.2, 0.25) is 0 Å². The van der Waals surface area contributed by atoms with Crippen LogP contribution in [0.4, 0.5) is 0 Å². The van der Waals surface area contributed by atoms with E-state index in [0.29, 0.717) is 0 Å². The van der Waals surface area contributed by atoms with E-state index in [4.69, 9.17) is 11.6 Å². The van der Waals surface area contributed by atoms with E-state index in [0.717, 1.165) is 38.8 Å². The van der Waals surface area contributed by atoms with Crippen LogP contribution >= 0.6 is 11.6 Å². The minimum Gasteiger partial charge on any atom is -0.0833 e. The summed E-state index contributed by atoms with van der Waals surface area (Å²) in [4.78, 5) is 0. The smallest absolute Gasteiger partial charge is 0.0663 e. The molecular weight excluding hydrogens is 408 g/mol. The second kappa shape index (κ2) is 7.82. The number of fused-ring (bicyclic) bond motifs is 3. The second-order valence-corrected chi connectivity index (χ2v) is 8.36. The molecule has 0 amide bonds. The lowest BCUT2D eigenvalue weighted by Gasteiger charge is -2.23. The first-order valence-electron chi connectivity index (χ1n) is 10.7. The summed E-state index contributed by atoms with van der Waals surface area (Å²) >= 11 is 7.17. The lowest BCUT2D eigenvalue weighted by Crippen LogP contribution is -2.09. The fourth-order valence-corrected chi connectivity index (χ4v) is 4.99. The third kappa shape index (κ3) is 3.07. The van der Waals surface area contributed by atoms with Gasteiger partial charge in [0.1, 0.15) is 0 Å². The SMILES string of the molecule is ClC1=C([C]2c3ccccc3C=Cc3ccccc32)C(=[C]c2ccccc2)c2ccccc21. The fourth-order valence-electron chi connectivity index (χ4n) is 4.64. The van der Waals surface area contributed by atoms with Gasteiger partial charge in [0, 0.05) is 5.56 Å². The molecule has 4 aromatic carbocycles. The monoisotopic (exact) mass is 426 g/mol. The summed E-state index contributed by atoms with van der Waals surface area (Å²) in [6, 6.07) is 35.7. The van der Waals surface area contributed by atoms with Crippen molar-refractivity contribution in [3.05, 3.63) is 160 Å². The minimum absolute atomic E-state index is 0.778. The first-order valence-corrected chi connectivity index (χ1v) is 11.1. The maximum atomic E-state index is 7.17. The first kappa shape index (κ1) is 19.1. The Kier molecular flexibility index (Phi) is 4.67. The molecule has 0 bridgehead atoms. The van der Waals surface area contributed by atoms with E-state index >= 15 is 0 Å². The number of hydrogen-bond acceptors (Lipinski definition) is 0. The Bertz CT molecular complexity index is 1370. The second-order valence-electron chi connectivity index (χ2n) is 7.98. The average Bonchev–Trinajstić information content (AvgIpc) is 3.01. The summed E-state index contributed by atoms with van der Waals surface area (Å²) in [6.45, 7) is 0. The van der Waals surface area contributed by atoms with Crippen LogP contribution in [0.25, 0.3) is 22.8 Å². The predicted octanol–water partition coefficient (Wildman–Crippen LogP) is 8.04. The third-order valence-corrected chi connectivity index (χ3v) is 6.49. The number of rotatable bonds is 2. The Balaban J connectivity index is 1.66. The highest BCUT2D eigenvalue weighted by Gasteiger charge is 2.35. The highest BCUT2D eigenvalue weighted by molar-refractivity contribution is 6.52. The molecule has 4 aromatic rings. The molecule has 0 atom stereocenters. The van der Waals surface area contributed by atoms with Crippen LogP contribution in [0.15, 0.2) is 109 Å². The molecule has 2 aliphatic rings. The van der Waals surface area contributed by atoms with Crippen LogP contribution in [0.1, 0.15) is 38.9 Å². The lowest BCUT2D eigenvalue weighted by atomic mass is 9.79. The maximum absolute atomic E-state index is 7.17. The van der Waals surface area contributed by atoms with Gasteiger partial charge in [0.05, 0.1) is 11.0 Å². The average molecular weight is 427 g/mol. The zero-order valence-electron chi connectivity index (χ0n) is 17.3. The van der Waals surface area contributed by atoms with Crippen molar-refractivity contribution in [1.82, 2.24) is 0 Å². The van der Waals surface area contributed by atoms with Gasteiger partial charge in [-0.15, -0.1) is 0 Å². The number of allylic oxidation sites excluding steroid dienone is 2. The summed E-state index contributed by atoms with van der Waals surface area (Å²) in [5.41, 5.74) is 10.0. The van der Waals surface area contributed by atoms with Gasteiger partial charge in [-0.1, -0.05) is 127 Å². The molecule has 6 rings (SSSR count). The molecule has 0 aromatic heterocycles. The van der Waals surface area contributed by atoms with Gasteiger partial charge < -0.3 is 0 Å². The Morgan fingerprint density at radius 3 is 1.62 bits per heavy atom. The van der Waals surface area contributed by atoms with E-state index in [2.05, 4.69) is 97.1 Å². The molecule has 0 saturated heterocycles. The Hall–Kier alpha value is -3.61. The van der Waals surface area contributed by atoms with Gasteiger partial charge in [0.2, 0.25) is 0 Å². The van der Waals surface area contributed by atoms with E-state index in [-0.39, 0.29) is 0 Å². The maximum Gasteiger partial charge on any atom is 0.0663 e. The quantitative estimate of drug-likeness (QED) is 0.304. The van der Waals surface area contributed by atoms with Crippen LogP contribution in [-0.4, -0.2) is 0 Å². The summed E-state index contributed by atoms with van der Waals surface area (Å²) in [5, 5.41) is 0.778. The minimum atomic E-state index is 0.778. The fraction of sp³-hybridized carbons (Fsp3) is 0. The topological polar surface area (TPSA) is 0 Å². The van der Waals surface area contributed by atoms with Crippen LogP contribution < -0.4 is 0 Å². The van der Waals surface area contributed by atoms with Crippen molar-refractivity contribution in [3.63, 3.8) is 0 Å². The van der Waals surface area contributed by atoms with Gasteiger partial charge in [-0.3, -0.25) is 0 Å². The normalized spacial score (nSPS) is 16.0. The molecule has 0 nitrogen and oxygen atoms in total. The van der Waals surface area contributed by atoms with Crippen molar-refractivity contribution in [2.75, 3.05) is 0 Å². The molecule has 32 heavy (non-hydrogen) atoms. The summed E-state index contributed by atoms with van der Waals surface area (Å²) in [7, 11) is 0. The molecule has 0 N–H and O–H groups in total. The van der Waals surface area contributed by atoms with Gasteiger partial charge in [0.15, 0.2) is 0 Å². The molecule has 2 radical (unpaired) electrons. The third-order valence-electron chi connectivity index (χ3n) is 6.10. The van der Waals surface area contributed by atoms with Crippen molar-refractivity contribution >= 4 is 34.4 Å². The Morgan fingerprint density at radius 2 is 1.00 bits per heavy atom. The van der Waals surface area contributed by atoms with Gasteiger partial charge in [-0.2, -0.15) is 0 Å². The molecule has 2 aliphatic carbocycles. The van der Waals surface area contributed by atoms with Gasteiger partial charge in [-0.25, -0.2) is 0 Å². The van der Waals surface area contributed by atoms with E-state index in [1.54, 1.807) is 0 Å². The molecule has 0 fully saturated rings. The van der Waals surface area contributed by atoms with Gasteiger partial charge >= 0.3 is 0 Å². The zero-order valence-corrected chi connectivity index (χ0v) is 18.1. The van der Waals surface area contributed by atoms with Crippen molar-refractivity contribution in [2.24, 2.45) is 0 Å². The number of halogens is 1. The molecule has 150 valence electrons. The highest BCUT2D eigenvalue weighted by Crippen LogP contribution is 2.52. The Labute approximate surface area is 193 Å². The van der Waals surface area contributed by atoms with E-state index in [1.165, 1.54) is 22.3 Å².